The highest BCUT2D eigenvalue weighted by Crippen LogP contribution is 2.22. The first-order chi connectivity index (χ1) is 10.2. The fourth-order valence-electron chi connectivity index (χ4n) is 2.52. The number of nitrogens with zero attached hydrogens (tertiary/aromatic N) is 2. The molecule has 1 N–H and O–H groups in total. The van der Waals surface area contributed by atoms with Gasteiger partial charge < -0.3 is 14.5 Å². The zero-order chi connectivity index (χ0) is 14.8. The first-order valence-corrected chi connectivity index (χ1v) is 7.00. The van der Waals surface area contributed by atoms with Gasteiger partial charge in [-0.05, 0) is 49.7 Å². The van der Waals surface area contributed by atoms with Crippen LogP contribution in [-0.4, -0.2) is 16.5 Å². The number of methoxy groups -OCH3 is 1. The van der Waals surface area contributed by atoms with Crippen LogP contribution in [-0.2, 0) is 6.54 Å². The van der Waals surface area contributed by atoms with Crippen molar-refractivity contribution in [1.29, 1.82) is 0 Å². The number of ether oxygens (including phenoxy) is 1. The molecule has 3 rings (SSSR count). The van der Waals surface area contributed by atoms with Crippen molar-refractivity contribution in [1.82, 2.24) is 9.38 Å². The van der Waals surface area contributed by atoms with Gasteiger partial charge in [0.05, 0.1) is 25.0 Å². The van der Waals surface area contributed by atoms with Gasteiger partial charge in [0, 0.05) is 11.9 Å². The van der Waals surface area contributed by atoms with Gasteiger partial charge in [-0.3, -0.25) is 0 Å². The minimum atomic E-state index is 0.740. The lowest BCUT2D eigenvalue weighted by atomic mass is 10.2. The van der Waals surface area contributed by atoms with Gasteiger partial charge >= 0.3 is 0 Å². The molecule has 0 atom stereocenters. The van der Waals surface area contributed by atoms with Crippen LogP contribution in [0.5, 0.6) is 5.75 Å². The Hall–Kier alpha value is -2.49. The summed E-state index contributed by atoms with van der Waals surface area (Å²) in [4.78, 5) is 4.58. The summed E-state index contributed by atoms with van der Waals surface area (Å²) < 4.78 is 7.36. The summed E-state index contributed by atoms with van der Waals surface area (Å²) >= 11 is 0. The Morgan fingerprint density at radius 1 is 1.19 bits per heavy atom. The molecule has 2 aromatic heterocycles. The van der Waals surface area contributed by atoms with Crippen molar-refractivity contribution >= 4 is 11.3 Å². The standard InChI is InChI=1S/C17H19N3O/c1-12-10-14(21-3)7-8-15(12)18-11-16-13(2)19-17-6-4-5-9-20(16)17/h4-10,18H,11H2,1-3H3. The zero-order valence-electron chi connectivity index (χ0n) is 12.6. The van der Waals surface area contributed by atoms with Crippen molar-refractivity contribution in [2.75, 3.05) is 12.4 Å². The second-order valence-electron chi connectivity index (χ2n) is 5.11. The Labute approximate surface area is 124 Å². The fourth-order valence-corrected chi connectivity index (χ4v) is 2.52. The number of aromatic nitrogens is 2. The van der Waals surface area contributed by atoms with Gasteiger partial charge in [0.25, 0.3) is 0 Å². The molecule has 4 heteroatoms. The number of hydrogen-bond donors (Lipinski definition) is 1. The van der Waals surface area contributed by atoms with E-state index in [1.807, 2.05) is 49.5 Å². The maximum Gasteiger partial charge on any atom is 0.137 e. The Balaban J connectivity index is 1.85. The third-order valence-electron chi connectivity index (χ3n) is 3.71. The molecule has 0 aliphatic rings. The largest absolute Gasteiger partial charge is 0.497 e. The third-order valence-corrected chi connectivity index (χ3v) is 3.71. The molecular formula is C17H19N3O. The van der Waals surface area contributed by atoms with Gasteiger partial charge in [-0.2, -0.15) is 0 Å². The summed E-state index contributed by atoms with van der Waals surface area (Å²) in [6, 6.07) is 12.1. The van der Waals surface area contributed by atoms with Gasteiger partial charge in [-0.1, -0.05) is 6.07 Å². The molecule has 0 saturated heterocycles. The summed E-state index contributed by atoms with van der Waals surface area (Å²) in [5.41, 5.74) is 5.50. The molecule has 0 aliphatic heterocycles. The average Bonchev–Trinajstić information content (AvgIpc) is 2.81. The summed E-state index contributed by atoms with van der Waals surface area (Å²) in [6.07, 6.45) is 2.05. The number of fused-ring (bicyclic) bond motifs is 1. The van der Waals surface area contributed by atoms with E-state index in [1.54, 1.807) is 7.11 Å². The predicted octanol–water partition coefficient (Wildman–Crippen LogP) is 3.57. The van der Waals surface area contributed by atoms with Crippen molar-refractivity contribution in [2.45, 2.75) is 20.4 Å². The van der Waals surface area contributed by atoms with Crippen LogP contribution in [0.25, 0.3) is 5.65 Å². The average molecular weight is 281 g/mol. The van der Waals surface area contributed by atoms with E-state index in [9.17, 15) is 0 Å². The van der Waals surface area contributed by atoms with Crippen molar-refractivity contribution in [3.05, 3.63) is 59.5 Å². The normalized spacial score (nSPS) is 10.8. The second kappa shape index (κ2) is 5.48. The minimum absolute atomic E-state index is 0.740. The minimum Gasteiger partial charge on any atom is -0.497 e. The molecule has 0 amide bonds. The van der Waals surface area contributed by atoms with Gasteiger partial charge in [0.2, 0.25) is 0 Å². The SMILES string of the molecule is COc1ccc(NCc2c(C)nc3ccccn23)c(C)c1. The number of benzene rings is 1. The number of rotatable bonds is 4. The summed E-state index contributed by atoms with van der Waals surface area (Å²) in [5, 5.41) is 3.48. The van der Waals surface area contributed by atoms with E-state index in [-0.39, 0.29) is 0 Å². The van der Waals surface area contributed by atoms with Gasteiger partial charge in [-0.25, -0.2) is 4.98 Å². The third kappa shape index (κ3) is 2.57. The van der Waals surface area contributed by atoms with Crippen LogP contribution in [0, 0.1) is 13.8 Å². The maximum absolute atomic E-state index is 5.24. The zero-order valence-corrected chi connectivity index (χ0v) is 12.6. The molecular weight excluding hydrogens is 262 g/mol. The van der Waals surface area contributed by atoms with Gasteiger partial charge in [-0.15, -0.1) is 0 Å². The Bertz CT molecular complexity index is 777. The van der Waals surface area contributed by atoms with Crippen LogP contribution in [0.1, 0.15) is 17.0 Å². The van der Waals surface area contributed by atoms with Crippen LogP contribution >= 0.6 is 0 Å². The molecule has 0 aliphatic carbocycles. The van der Waals surface area contributed by atoms with Crippen molar-refractivity contribution in [2.24, 2.45) is 0 Å². The highest BCUT2D eigenvalue weighted by molar-refractivity contribution is 5.54. The fraction of sp³-hybridized carbons (Fsp3) is 0.235. The van der Waals surface area contributed by atoms with E-state index in [1.165, 1.54) is 11.3 Å². The van der Waals surface area contributed by atoms with E-state index in [0.717, 1.165) is 29.3 Å². The maximum atomic E-state index is 5.24. The number of nitrogens with one attached hydrogen (secondary N) is 1. The van der Waals surface area contributed by atoms with E-state index in [2.05, 4.69) is 21.6 Å². The molecule has 0 unspecified atom stereocenters. The Morgan fingerprint density at radius 2 is 2.05 bits per heavy atom. The van der Waals surface area contributed by atoms with Crippen LogP contribution in [0.2, 0.25) is 0 Å². The molecule has 2 heterocycles. The molecule has 21 heavy (non-hydrogen) atoms. The number of hydrogen-bond acceptors (Lipinski definition) is 3. The molecule has 1 aromatic carbocycles. The quantitative estimate of drug-likeness (QED) is 0.794. The van der Waals surface area contributed by atoms with Gasteiger partial charge in [0.1, 0.15) is 11.4 Å². The summed E-state index contributed by atoms with van der Waals surface area (Å²) in [6.45, 7) is 4.86. The van der Waals surface area contributed by atoms with Crippen LogP contribution in [0.4, 0.5) is 5.69 Å². The topological polar surface area (TPSA) is 38.6 Å². The van der Waals surface area contributed by atoms with E-state index >= 15 is 0 Å². The van der Waals surface area contributed by atoms with Gasteiger partial charge in [0.15, 0.2) is 0 Å². The van der Waals surface area contributed by atoms with E-state index in [4.69, 9.17) is 4.74 Å². The smallest absolute Gasteiger partial charge is 0.137 e. The molecule has 0 bridgehead atoms. The predicted molar refractivity (Wildman–Crippen MR) is 85.0 cm³/mol. The lowest BCUT2D eigenvalue weighted by molar-refractivity contribution is 0.414. The second-order valence-corrected chi connectivity index (χ2v) is 5.11. The Morgan fingerprint density at radius 3 is 2.81 bits per heavy atom. The highest BCUT2D eigenvalue weighted by atomic mass is 16.5. The van der Waals surface area contributed by atoms with Crippen LogP contribution in [0.15, 0.2) is 42.6 Å². The molecule has 0 fully saturated rings. The number of pyridine rings is 1. The van der Waals surface area contributed by atoms with Crippen LogP contribution < -0.4 is 10.1 Å². The lowest BCUT2D eigenvalue weighted by Crippen LogP contribution is -2.05. The van der Waals surface area contributed by atoms with Crippen molar-refractivity contribution in [3.63, 3.8) is 0 Å². The monoisotopic (exact) mass is 281 g/mol. The van der Waals surface area contributed by atoms with E-state index in [0.29, 0.717) is 0 Å². The summed E-state index contributed by atoms with van der Waals surface area (Å²) in [5.74, 6) is 0.879. The van der Waals surface area contributed by atoms with Crippen molar-refractivity contribution in [3.8, 4) is 5.75 Å². The molecule has 4 nitrogen and oxygen atoms in total. The van der Waals surface area contributed by atoms with E-state index < -0.39 is 0 Å². The number of aryl methyl sites for hydroxylation is 2. The van der Waals surface area contributed by atoms with Crippen LogP contribution in [0.3, 0.4) is 0 Å². The first-order valence-electron chi connectivity index (χ1n) is 7.00. The highest BCUT2D eigenvalue weighted by Gasteiger charge is 2.08. The molecule has 108 valence electrons. The lowest BCUT2D eigenvalue weighted by Gasteiger charge is -2.11. The molecule has 0 radical (unpaired) electrons. The Kier molecular flexibility index (Phi) is 3.52. The summed E-state index contributed by atoms with van der Waals surface area (Å²) in [7, 11) is 1.68. The number of imidazole rings is 1. The number of anilines is 1. The molecule has 0 spiro atoms. The molecule has 3 aromatic rings. The molecule has 0 saturated carbocycles. The first kappa shape index (κ1) is 13.5. The van der Waals surface area contributed by atoms with Crippen molar-refractivity contribution < 1.29 is 4.74 Å².